The van der Waals surface area contributed by atoms with Crippen molar-refractivity contribution in [3.63, 3.8) is 0 Å². The van der Waals surface area contributed by atoms with Gasteiger partial charge in [-0.1, -0.05) is 19.8 Å². The van der Waals surface area contributed by atoms with Gasteiger partial charge >= 0.3 is 12.0 Å². The third-order valence-corrected chi connectivity index (χ3v) is 4.61. The van der Waals surface area contributed by atoms with Crippen LogP contribution in [0.1, 0.15) is 52.4 Å². The molecule has 0 radical (unpaired) electrons. The Balaban J connectivity index is 1.97. The molecule has 5 heteroatoms. The van der Waals surface area contributed by atoms with Gasteiger partial charge in [-0.3, -0.25) is 0 Å². The minimum Gasteiger partial charge on any atom is -0.480 e. The number of hydrogen-bond donors (Lipinski definition) is 2. The molecule has 1 saturated carbocycles. The summed E-state index contributed by atoms with van der Waals surface area (Å²) in [5.41, 5.74) is -1.04. The zero-order valence-corrected chi connectivity index (χ0v) is 11.8. The second-order valence-electron chi connectivity index (χ2n) is 6.25. The summed E-state index contributed by atoms with van der Waals surface area (Å²) in [5.74, 6) is -0.263. The first-order valence-corrected chi connectivity index (χ1v) is 7.25. The van der Waals surface area contributed by atoms with E-state index >= 15 is 0 Å². The average molecular weight is 268 g/mol. The van der Waals surface area contributed by atoms with E-state index in [-0.39, 0.29) is 12.1 Å². The zero-order valence-electron chi connectivity index (χ0n) is 11.8. The van der Waals surface area contributed by atoms with Crippen molar-refractivity contribution in [2.75, 3.05) is 6.54 Å². The molecule has 0 bridgehead atoms. The predicted molar refractivity (Wildman–Crippen MR) is 71.9 cm³/mol. The molecule has 1 aliphatic carbocycles. The van der Waals surface area contributed by atoms with Gasteiger partial charge in [-0.15, -0.1) is 0 Å². The lowest BCUT2D eigenvalue weighted by atomic mass is 9.87. The van der Waals surface area contributed by atoms with Gasteiger partial charge in [0.05, 0.1) is 0 Å². The van der Waals surface area contributed by atoms with Crippen LogP contribution in [0.3, 0.4) is 0 Å². The molecule has 1 saturated heterocycles. The van der Waals surface area contributed by atoms with E-state index in [0.29, 0.717) is 18.9 Å². The van der Waals surface area contributed by atoms with Crippen molar-refractivity contribution in [2.24, 2.45) is 5.92 Å². The summed E-state index contributed by atoms with van der Waals surface area (Å²) in [4.78, 5) is 25.1. The molecule has 0 aromatic heterocycles. The molecule has 1 heterocycles. The van der Waals surface area contributed by atoms with Crippen LogP contribution in [0.25, 0.3) is 0 Å². The summed E-state index contributed by atoms with van der Waals surface area (Å²) in [6, 6.07) is -0.00334. The van der Waals surface area contributed by atoms with E-state index < -0.39 is 11.5 Å². The van der Waals surface area contributed by atoms with E-state index in [1.807, 2.05) is 0 Å². The Bertz CT molecular complexity index is 372. The van der Waals surface area contributed by atoms with Gasteiger partial charge in [-0.05, 0) is 38.5 Å². The molecule has 19 heavy (non-hydrogen) atoms. The van der Waals surface area contributed by atoms with E-state index in [9.17, 15) is 14.7 Å². The summed E-state index contributed by atoms with van der Waals surface area (Å²) in [6.45, 7) is 4.39. The van der Waals surface area contributed by atoms with Crippen molar-refractivity contribution in [3.05, 3.63) is 0 Å². The minimum atomic E-state index is -1.04. The number of nitrogens with zero attached hydrogens (tertiary/aromatic N) is 1. The molecule has 0 aromatic rings. The fourth-order valence-corrected chi connectivity index (χ4v) is 3.33. The van der Waals surface area contributed by atoms with Gasteiger partial charge in [0.15, 0.2) is 0 Å². The molecule has 3 atom stereocenters. The van der Waals surface area contributed by atoms with Crippen molar-refractivity contribution in [3.8, 4) is 0 Å². The van der Waals surface area contributed by atoms with Crippen LogP contribution in [0, 0.1) is 5.92 Å². The van der Waals surface area contributed by atoms with Crippen LogP contribution < -0.4 is 5.32 Å². The smallest absolute Gasteiger partial charge is 0.329 e. The lowest BCUT2D eigenvalue weighted by molar-refractivity contribution is -0.147. The Labute approximate surface area is 114 Å². The maximum Gasteiger partial charge on any atom is 0.329 e. The summed E-state index contributed by atoms with van der Waals surface area (Å²) in [7, 11) is 0. The number of nitrogens with one attached hydrogen (secondary N) is 1. The highest BCUT2D eigenvalue weighted by Crippen LogP contribution is 2.30. The Kier molecular flexibility index (Phi) is 4.02. The molecule has 2 rings (SSSR count). The number of carbonyl (C=O) groups excluding carboxylic acids is 1. The van der Waals surface area contributed by atoms with Crippen LogP contribution in [0.15, 0.2) is 0 Å². The SMILES string of the molecule is CC1CCCC(NC(=O)N2CCCC2(C)C(=O)O)C1. The molecular weight excluding hydrogens is 244 g/mol. The van der Waals surface area contributed by atoms with Gasteiger partial charge in [0.1, 0.15) is 5.54 Å². The maximum atomic E-state index is 12.3. The van der Waals surface area contributed by atoms with Crippen LogP contribution in [-0.4, -0.2) is 40.1 Å². The first-order chi connectivity index (χ1) is 8.93. The van der Waals surface area contributed by atoms with Gasteiger partial charge in [-0.2, -0.15) is 0 Å². The Hall–Kier alpha value is -1.26. The molecule has 108 valence electrons. The Morgan fingerprint density at radius 3 is 2.68 bits per heavy atom. The molecule has 3 unspecified atom stereocenters. The van der Waals surface area contributed by atoms with E-state index in [0.717, 1.165) is 25.7 Å². The molecule has 0 aromatic carbocycles. The fraction of sp³-hybridized carbons (Fsp3) is 0.857. The number of hydrogen-bond acceptors (Lipinski definition) is 2. The first kappa shape index (κ1) is 14.2. The monoisotopic (exact) mass is 268 g/mol. The topological polar surface area (TPSA) is 69.6 Å². The number of urea groups is 1. The second kappa shape index (κ2) is 5.39. The lowest BCUT2D eigenvalue weighted by Gasteiger charge is -2.34. The Morgan fingerprint density at radius 1 is 1.32 bits per heavy atom. The Morgan fingerprint density at radius 2 is 2.05 bits per heavy atom. The number of amides is 2. The van der Waals surface area contributed by atoms with Crippen LogP contribution in [-0.2, 0) is 4.79 Å². The van der Waals surface area contributed by atoms with Gasteiger partial charge in [0.25, 0.3) is 0 Å². The third kappa shape index (κ3) is 2.85. The van der Waals surface area contributed by atoms with Crippen molar-refractivity contribution < 1.29 is 14.7 Å². The summed E-state index contributed by atoms with van der Waals surface area (Å²) >= 11 is 0. The van der Waals surface area contributed by atoms with Gasteiger partial charge in [0.2, 0.25) is 0 Å². The number of aliphatic carboxylic acids is 1. The largest absolute Gasteiger partial charge is 0.480 e. The molecule has 0 spiro atoms. The number of likely N-dealkylation sites (tertiary alicyclic amines) is 1. The van der Waals surface area contributed by atoms with Gasteiger partial charge in [-0.25, -0.2) is 9.59 Å². The average Bonchev–Trinajstić information content (AvgIpc) is 2.73. The predicted octanol–water partition coefficient (Wildman–Crippen LogP) is 2.21. The number of carboxylic acids is 1. The highest BCUT2D eigenvalue weighted by atomic mass is 16.4. The molecule has 2 fully saturated rings. The van der Waals surface area contributed by atoms with E-state index in [2.05, 4.69) is 12.2 Å². The number of carboxylic acid groups (broad SMARTS) is 1. The van der Waals surface area contributed by atoms with E-state index in [1.54, 1.807) is 6.92 Å². The molecule has 2 N–H and O–H groups in total. The van der Waals surface area contributed by atoms with Crippen molar-refractivity contribution in [2.45, 2.75) is 64.0 Å². The summed E-state index contributed by atoms with van der Waals surface area (Å²) < 4.78 is 0. The van der Waals surface area contributed by atoms with Crippen molar-refractivity contribution in [1.29, 1.82) is 0 Å². The quantitative estimate of drug-likeness (QED) is 0.806. The summed E-state index contributed by atoms with van der Waals surface area (Å²) in [5, 5.41) is 12.3. The van der Waals surface area contributed by atoms with E-state index in [4.69, 9.17) is 0 Å². The van der Waals surface area contributed by atoms with E-state index in [1.165, 1.54) is 11.3 Å². The number of carbonyl (C=O) groups is 2. The maximum absolute atomic E-state index is 12.3. The molecule has 2 aliphatic rings. The minimum absolute atomic E-state index is 0.204. The lowest BCUT2D eigenvalue weighted by Crippen LogP contribution is -2.56. The molecule has 5 nitrogen and oxygen atoms in total. The van der Waals surface area contributed by atoms with Crippen LogP contribution in [0.2, 0.25) is 0 Å². The van der Waals surface area contributed by atoms with Gasteiger partial charge < -0.3 is 15.3 Å². The third-order valence-electron chi connectivity index (χ3n) is 4.61. The molecular formula is C14H24N2O3. The number of rotatable bonds is 2. The highest BCUT2D eigenvalue weighted by molar-refractivity contribution is 5.86. The van der Waals surface area contributed by atoms with Crippen molar-refractivity contribution >= 4 is 12.0 Å². The van der Waals surface area contributed by atoms with Crippen LogP contribution >= 0.6 is 0 Å². The second-order valence-corrected chi connectivity index (χ2v) is 6.25. The van der Waals surface area contributed by atoms with Crippen molar-refractivity contribution in [1.82, 2.24) is 10.2 Å². The standard InChI is InChI=1S/C14H24N2O3/c1-10-5-3-6-11(9-10)15-13(19)16-8-4-7-14(16,2)12(17)18/h10-11H,3-9H2,1-2H3,(H,15,19)(H,17,18). The fourth-order valence-electron chi connectivity index (χ4n) is 3.33. The van der Waals surface area contributed by atoms with Gasteiger partial charge in [0, 0.05) is 12.6 Å². The van der Waals surface area contributed by atoms with Crippen LogP contribution in [0.5, 0.6) is 0 Å². The summed E-state index contributed by atoms with van der Waals surface area (Å²) in [6.07, 6.45) is 5.68. The zero-order chi connectivity index (χ0) is 14.0. The normalized spacial score (nSPS) is 35.2. The first-order valence-electron chi connectivity index (χ1n) is 7.25. The molecule has 1 aliphatic heterocycles. The van der Waals surface area contributed by atoms with Crippen LogP contribution in [0.4, 0.5) is 4.79 Å². The highest BCUT2D eigenvalue weighted by Gasteiger charge is 2.46. The molecule has 2 amide bonds.